The number of hydrogen-bond acceptors (Lipinski definition) is 3. The molecule has 3 heteroatoms. The zero-order valence-corrected chi connectivity index (χ0v) is 7.70. The maximum absolute atomic E-state index is 4.31. The fourth-order valence-electron chi connectivity index (χ4n) is 1.27. The normalized spacial score (nSPS) is 10.3. The Balaban J connectivity index is 2.66. The quantitative estimate of drug-likeness (QED) is 0.716. The largest absolute Gasteiger partial charge is 0.357 e. The maximum Gasteiger partial charge on any atom is 0.222 e. The van der Waals surface area contributed by atoms with Crippen molar-refractivity contribution >= 4 is 16.9 Å². The van der Waals surface area contributed by atoms with Gasteiger partial charge in [-0.3, -0.25) is 0 Å². The minimum absolute atomic E-state index is 0.663. The van der Waals surface area contributed by atoms with Gasteiger partial charge in [0, 0.05) is 18.6 Å². The molecule has 2 rings (SSSR count). The number of benzene rings is 1. The van der Waals surface area contributed by atoms with E-state index in [9.17, 15) is 0 Å². The first-order valence-electron chi connectivity index (χ1n) is 4.21. The number of anilines is 1. The van der Waals surface area contributed by atoms with Crippen LogP contribution in [0.5, 0.6) is 0 Å². The zero-order chi connectivity index (χ0) is 9.26. The van der Waals surface area contributed by atoms with Gasteiger partial charge in [-0.1, -0.05) is 11.6 Å². The van der Waals surface area contributed by atoms with E-state index in [1.165, 1.54) is 5.56 Å². The predicted octanol–water partition coefficient (Wildman–Crippen LogP) is 1.98. The van der Waals surface area contributed by atoms with E-state index in [2.05, 4.69) is 34.3 Å². The lowest BCUT2D eigenvalue weighted by Crippen LogP contribution is -1.95. The Morgan fingerprint density at radius 3 is 2.92 bits per heavy atom. The fraction of sp³-hybridized carbons (Fsp3) is 0.200. The summed E-state index contributed by atoms with van der Waals surface area (Å²) in [7, 11) is 1.81. The highest BCUT2D eigenvalue weighted by molar-refractivity contribution is 5.79. The van der Waals surface area contributed by atoms with E-state index >= 15 is 0 Å². The van der Waals surface area contributed by atoms with E-state index in [1.807, 2.05) is 19.3 Å². The lowest BCUT2D eigenvalue weighted by Gasteiger charge is -2.01. The molecular formula is C10H11N3. The van der Waals surface area contributed by atoms with E-state index in [0.717, 1.165) is 10.9 Å². The van der Waals surface area contributed by atoms with Gasteiger partial charge in [0.05, 0.1) is 5.52 Å². The standard InChI is InChI=1S/C10H11N3/c1-7-3-4-9-8(5-7)6-12-10(11-2)13-9/h3-6H,1-2H3,(H,11,12,13). The molecule has 0 unspecified atom stereocenters. The summed E-state index contributed by atoms with van der Waals surface area (Å²) >= 11 is 0. The van der Waals surface area contributed by atoms with Gasteiger partial charge in [0.15, 0.2) is 0 Å². The Kier molecular flexibility index (Phi) is 1.85. The number of aryl methyl sites for hydroxylation is 1. The van der Waals surface area contributed by atoms with Crippen molar-refractivity contribution in [1.82, 2.24) is 9.97 Å². The molecule has 0 aliphatic carbocycles. The van der Waals surface area contributed by atoms with Crippen LogP contribution in [0.1, 0.15) is 5.56 Å². The van der Waals surface area contributed by atoms with E-state index in [0.29, 0.717) is 5.95 Å². The first-order chi connectivity index (χ1) is 6.29. The van der Waals surface area contributed by atoms with Gasteiger partial charge in [0.1, 0.15) is 0 Å². The van der Waals surface area contributed by atoms with Crippen molar-refractivity contribution in [3.05, 3.63) is 30.0 Å². The minimum atomic E-state index is 0.663. The Morgan fingerprint density at radius 2 is 2.15 bits per heavy atom. The molecule has 0 aliphatic heterocycles. The van der Waals surface area contributed by atoms with Crippen LogP contribution in [-0.4, -0.2) is 17.0 Å². The summed E-state index contributed by atoms with van der Waals surface area (Å²) in [6.07, 6.45) is 1.83. The smallest absolute Gasteiger partial charge is 0.222 e. The minimum Gasteiger partial charge on any atom is -0.357 e. The second-order valence-electron chi connectivity index (χ2n) is 3.01. The third-order valence-electron chi connectivity index (χ3n) is 1.96. The molecular weight excluding hydrogens is 162 g/mol. The van der Waals surface area contributed by atoms with Crippen molar-refractivity contribution in [2.75, 3.05) is 12.4 Å². The van der Waals surface area contributed by atoms with Crippen molar-refractivity contribution in [1.29, 1.82) is 0 Å². The van der Waals surface area contributed by atoms with Crippen LogP contribution < -0.4 is 5.32 Å². The summed E-state index contributed by atoms with van der Waals surface area (Å²) < 4.78 is 0. The molecule has 0 bridgehead atoms. The molecule has 1 N–H and O–H groups in total. The number of aromatic nitrogens is 2. The average Bonchev–Trinajstić information content (AvgIpc) is 2.17. The van der Waals surface area contributed by atoms with Crippen LogP contribution in [-0.2, 0) is 0 Å². The van der Waals surface area contributed by atoms with Gasteiger partial charge in [0.25, 0.3) is 0 Å². The molecule has 0 saturated carbocycles. The highest BCUT2D eigenvalue weighted by Crippen LogP contribution is 2.13. The predicted molar refractivity (Wildman–Crippen MR) is 53.8 cm³/mol. The van der Waals surface area contributed by atoms with Crippen molar-refractivity contribution in [2.45, 2.75) is 6.92 Å². The third-order valence-corrected chi connectivity index (χ3v) is 1.96. The molecule has 1 heterocycles. The van der Waals surface area contributed by atoms with E-state index in [-0.39, 0.29) is 0 Å². The highest BCUT2D eigenvalue weighted by atomic mass is 15.1. The molecule has 3 nitrogen and oxygen atoms in total. The molecule has 0 amide bonds. The molecule has 0 fully saturated rings. The van der Waals surface area contributed by atoms with Gasteiger partial charge in [-0.15, -0.1) is 0 Å². The molecule has 1 aromatic carbocycles. The van der Waals surface area contributed by atoms with Gasteiger partial charge in [-0.05, 0) is 19.1 Å². The summed E-state index contributed by atoms with van der Waals surface area (Å²) in [6.45, 7) is 2.06. The van der Waals surface area contributed by atoms with E-state index in [1.54, 1.807) is 0 Å². The second kappa shape index (κ2) is 3.01. The summed E-state index contributed by atoms with van der Waals surface area (Å²) in [5.74, 6) is 0.663. The molecule has 13 heavy (non-hydrogen) atoms. The van der Waals surface area contributed by atoms with Crippen molar-refractivity contribution < 1.29 is 0 Å². The zero-order valence-electron chi connectivity index (χ0n) is 7.70. The van der Waals surface area contributed by atoms with Gasteiger partial charge < -0.3 is 5.32 Å². The van der Waals surface area contributed by atoms with Crippen LogP contribution in [0.15, 0.2) is 24.4 Å². The first-order valence-corrected chi connectivity index (χ1v) is 4.21. The van der Waals surface area contributed by atoms with Crippen LogP contribution in [0.4, 0.5) is 5.95 Å². The van der Waals surface area contributed by atoms with Gasteiger partial charge >= 0.3 is 0 Å². The highest BCUT2D eigenvalue weighted by Gasteiger charge is 1.97. The molecule has 0 saturated heterocycles. The average molecular weight is 173 g/mol. The molecule has 0 radical (unpaired) electrons. The summed E-state index contributed by atoms with van der Waals surface area (Å²) in [6, 6.07) is 6.14. The summed E-state index contributed by atoms with van der Waals surface area (Å²) in [4.78, 5) is 8.46. The Hall–Kier alpha value is -1.64. The monoisotopic (exact) mass is 173 g/mol. The van der Waals surface area contributed by atoms with Crippen LogP contribution in [0.25, 0.3) is 10.9 Å². The number of rotatable bonds is 1. The molecule has 1 aromatic heterocycles. The second-order valence-corrected chi connectivity index (χ2v) is 3.01. The van der Waals surface area contributed by atoms with Crippen LogP contribution in [0.2, 0.25) is 0 Å². The first kappa shape index (κ1) is 7.98. The maximum atomic E-state index is 4.31. The summed E-state index contributed by atoms with van der Waals surface area (Å²) in [5.41, 5.74) is 2.21. The van der Waals surface area contributed by atoms with Crippen molar-refractivity contribution in [3.8, 4) is 0 Å². The van der Waals surface area contributed by atoms with Crippen LogP contribution in [0.3, 0.4) is 0 Å². The SMILES string of the molecule is CNc1ncc2cc(C)ccc2n1. The van der Waals surface area contributed by atoms with Crippen molar-refractivity contribution in [2.24, 2.45) is 0 Å². The number of hydrogen-bond donors (Lipinski definition) is 1. The van der Waals surface area contributed by atoms with Gasteiger partial charge in [-0.2, -0.15) is 0 Å². The van der Waals surface area contributed by atoms with Crippen molar-refractivity contribution in [3.63, 3.8) is 0 Å². The lowest BCUT2D eigenvalue weighted by molar-refractivity contribution is 1.19. The molecule has 0 spiro atoms. The molecule has 0 aliphatic rings. The molecule has 66 valence electrons. The number of nitrogens with zero attached hydrogens (tertiary/aromatic N) is 2. The van der Waals surface area contributed by atoms with E-state index < -0.39 is 0 Å². The summed E-state index contributed by atoms with van der Waals surface area (Å²) in [5, 5.41) is 3.99. The Morgan fingerprint density at radius 1 is 1.31 bits per heavy atom. The topological polar surface area (TPSA) is 37.8 Å². The lowest BCUT2D eigenvalue weighted by atomic mass is 10.2. The molecule has 2 aromatic rings. The molecule has 0 atom stereocenters. The fourth-order valence-corrected chi connectivity index (χ4v) is 1.27. The number of nitrogens with one attached hydrogen (secondary N) is 1. The van der Waals surface area contributed by atoms with Gasteiger partial charge in [-0.25, -0.2) is 9.97 Å². The Bertz CT molecular complexity index is 437. The Labute approximate surface area is 76.8 Å². The number of fused-ring (bicyclic) bond motifs is 1. The van der Waals surface area contributed by atoms with Gasteiger partial charge in [0.2, 0.25) is 5.95 Å². The van der Waals surface area contributed by atoms with Crippen LogP contribution >= 0.6 is 0 Å². The van der Waals surface area contributed by atoms with Crippen LogP contribution in [0, 0.1) is 6.92 Å². The van der Waals surface area contributed by atoms with E-state index in [4.69, 9.17) is 0 Å². The third kappa shape index (κ3) is 1.45.